The van der Waals surface area contributed by atoms with E-state index < -0.39 is 11.9 Å². The minimum Gasteiger partial charge on any atom is -0.481 e. The van der Waals surface area contributed by atoms with E-state index in [0.717, 1.165) is 25.2 Å². The minimum absolute atomic E-state index is 0.0397. The van der Waals surface area contributed by atoms with Crippen molar-refractivity contribution in [3.63, 3.8) is 0 Å². The summed E-state index contributed by atoms with van der Waals surface area (Å²) in [6, 6.07) is 8.20. The minimum atomic E-state index is -0.871. The topological polar surface area (TPSA) is 60.9 Å². The van der Waals surface area contributed by atoms with E-state index in [-0.39, 0.29) is 18.4 Å². The smallest absolute Gasteiger partial charge is 0.308 e. The number of nitrogens with zero attached hydrogens (tertiary/aromatic N) is 2. The molecule has 0 spiro atoms. The van der Waals surface area contributed by atoms with Gasteiger partial charge in [-0.3, -0.25) is 9.59 Å². The fraction of sp³-hybridized carbons (Fsp3) is 0.556. The van der Waals surface area contributed by atoms with E-state index in [1.165, 1.54) is 18.4 Å². The normalized spacial score (nSPS) is 23.4. The number of aliphatic carboxylic acids is 1. The Bertz CT molecular complexity index is 578. The van der Waals surface area contributed by atoms with Crippen LogP contribution in [0.3, 0.4) is 0 Å². The van der Waals surface area contributed by atoms with Gasteiger partial charge in [0, 0.05) is 19.5 Å². The van der Waals surface area contributed by atoms with Gasteiger partial charge >= 0.3 is 5.97 Å². The molecule has 0 aliphatic carbocycles. The average Bonchev–Trinajstić information content (AvgIpc) is 3.15. The summed E-state index contributed by atoms with van der Waals surface area (Å²) < 4.78 is 0. The molecule has 2 unspecified atom stereocenters. The number of hydrogen-bond acceptors (Lipinski definition) is 3. The molecule has 1 amide bonds. The standard InChI is InChI=1S/C18H24N2O3/c1-13-4-6-14(7-5-13)16(12-19-8-2-3-9-19)20-11-15(18(22)23)10-17(20)21/h4-7,15-16H,2-3,8-12H2,1H3,(H,22,23). The molecule has 2 aliphatic rings. The molecule has 0 bridgehead atoms. The number of carboxylic acid groups (broad SMARTS) is 1. The predicted molar refractivity (Wildman–Crippen MR) is 87.0 cm³/mol. The summed E-state index contributed by atoms with van der Waals surface area (Å²) in [6.45, 7) is 5.28. The van der Waals surface area contributed by atoms with Crippen LogP contribution >= 0.6 is 0 Å². The van der Waals surface area contributed by atoms with Gasteiger partial charge in [0.2, 0.25) is 5.91 Å². The van der Waals surface area contributed by atoms with E-state index >= 15 is 0 Å². The zero-order valence-corrected chi connectivity index (χ0v) is 13.6. The highest BCUT2D eigenvalue weighted by atomic mass is 16.4. The van der Waals surface area contributed by atoms with Gasteiger partial charge in [0.15, 0.2) is 0 Å². The fourth-order valence-corrected chi connectivity index (χ4v) is 3.58. The zero-order chi connectivity index (χ0) is 16.4. The first-order valence-corrected chi connectivity index (χ1v) is 8.36. The number of likely N-dealkylation sites (tertiary alicyclic amines) is 2. The number of hydrogen-bond donors (Lipinski definition) is 1. The maximum absolute atomic E-state index is 12.4. The first-order valence-electron chi connectivity index (χ1n) is 8.36. The quantitative estimate of drug-likeness (QED) is 0.903. The lowest BCUT2D eigenvalue weighted by atomic mass is 10.0. The lowest BCUT2D eigenvalue weighted by Crippen LogP contribution is -2.38. The van der Waals surface area contributed by atoms with Gasteiger partial charge in [-0.2, -0.15) is 0 Å². The molecule has 2 fully saturated rings. The monoisotopic (exact) mass is 316 g/mol. The highest BCUT2D eigenvalue weighted by Gasteiger charge is 2.39. The number of rotatable bonds is 5. The van der Waals surface area contributed by atoms with E-state index in [0.29, 0.717) is 6.54 Å². The summed E-state index contributed by atoms with van der Waals surface area (Å²) in [5.74, 6) is -1.49. The SMILES string of the molecule is Cc1ccc(C(CN2CCCC2)N2CC(C(=O)O)CC2=O)cc1. The lowest BCUT2D eigenvalue weighted by molar-refractivity contribution is -0.141. The van der Waals surface area contributed by atoms with Crippen LogP contribution in [0, 0.1) is 12.8 Å². The van der Waals surface area contributed by atoms with E-state index in [9.17, 15) is 14.7 Å². The van der Waals surface area contributed by atoms with E-state index in [1.54, 1.807) is 4.90 Å². The second-order valence-electron chi connectivity index (χ2n) is 6.72. The Hall–Kier alpha value is -1.88. The molecule has 0 radical (unpaired) electrons. The summed E-state index contributed by atoms with van der Waals surface area (Å²) in [4.78, 5) is 27.8. The fourth-order valence-electron chi connectivity index (χ4n) is 3.58. The summed E-state index contributed by atoms with van der Waals surface area (Å²) in [6.07, 6.45) is 2.52. The first kappa shape index (κ1) is 16.0. The van der Waals surface area contributed by atoms with Gasteiger partial charge < -0.3 is 14.9 Å². The largest absolute Gasteiger partial charge is 0.481 e. The molecule has 23 heavy (non-hydrogen) atoms. The third-order valence-electron chi connectivity index (χ3n) is 4.98. The van der Waals surface area contributed by atoms with Crippen LogP contribution in [0.1, 0.15) is 36.4 Å². The van der Waals surface area contributed by atoms with Crippen LogP contribution in [0.4, 0.5) is 0 Å². The highest BCUT2D eigenvalue weighted by Crippen LogP contribution is 2.30. The molecule has 2 saturated heterocycles. The van der Waals surface area contributed by atoms with Crippen molar-refractivity contribution in [1.82, 2.24) is 9.80 Å². The molecule has 2 atom stereocenters. The van der Waals surface area contributed by atoms with Gasteiger partial charge in [0.05, 0.1) is 12.0 Å². The van der Waals surface area contributed by atoms with Crippen molar-refractivity contribution in [3.05, 3.63) is 35.4 Å². The van der Waals surface area contributed by atoms with Crippen molar-refractivity contribution in [2.45, 2.75) is 32.2 Å². The maximum Gasteiger partial charge on any atom is 0.308 e. The Labute approximate surface area is 136 Å². The number of aryl methyl sites for hydroxylation is 1. The molecule has 124 valence electrons. The Balaban J connectivity index is 1.83. The van der Waals surface area contributed by atoms with E-state index in [2.05, 4.69) is 29.2 Å². The maximum atomic E-state index is 12.4. The second-order valence-corrected chi connectivity index (χ2v) is 6.72. The molecule has 1 aromatic rings. The van der Waals surface area contributed by atoms with Crippen LogP contribution in [-0.4, -0.2) is 53.0 Å². The summed E-state index contributed by atoms with van der Waals surface area (Å²) in [7, 11) is 0. The van der Waals surface area contributed by atoms with Crippen LogP contribution in [0.15, 0.2) is 24.3 Å². The van der Waals surface area contributed by atoms with E-state index in [4.69, 9.17) is 0 Å². The molecule has 5 heteroatoms. The van der Waals surface area contributed by atoms with Gasteiger partial charge in [0.25, 0.3) is 0 Å². The molecule has 2 heterocycles. The van der Waals surface area contributed by atoms with Gasteiger partial charge in [-0.15, -0.1) is 0 Å². The van der Waals surface area contributed by atoms with Crippen molar-refractivity contribution in [2.24, 2.45) is 5.92 Å². The highest BCUT2D eigenvalue weighted by molar-refractivity contribution is 5.86. The zero-order valence-electron chi connectivity index (χ0n) is 13.6. The molecule has 1 aromatic carbocycles. The summed E-state index contributed by atoms with van der Waals surface area (Å²) >= 11 is 0. The van der Waals surface area contributed by atoms with Crippen molar-refractivity contribution in [1.29, 1.82) is 0 Å². The van der Waals surface area contributed by atoms with Gasteiger partial charge in [-0.05, 0) is 38.4 Å². The van der Waals surface area contributed by atoms with Crippen LogP contribution < -0.4 is 0 Å². The van der Waals surface area contributed by atoms with Crippen LogP contribution in [-0.2, 0) is 9.59 Å². The van der Waals surface area contributed by atoms with Crippen molar-refractivity contribution in [3.8, 4) is 0 Å². The summed E-state index contributed by atoms with van der Waals surface area (Å²) in [5.41, 5.74) is 2.28. The number of benzene rings is 1. The lowest BCUT2D eigenvalue weighted by Gasteiger charge is -2.32. The Morgan fingerprint density at radius 2 is 1.91 bits per heavy atom. The van der Waals surface area contributed by atoms with Crippen molar-refractivity contribution in [2.75, 3.05) is 26.2 Å². The molecule has 0 aromatic heterocycles. The van der Waals surface area contributed by atoms with Gasteiger partial charge in [-0.1, -0.05) is 29.8 Å². The predicted octanol–water partition coefficient (Wildman–Crippen LogP) is 2.07. The van der Waals surface area contributed by atoms with Crippen LogP contribution in [0.5, 0.6) is 0 Å². The molecule has 1 N–H and O–H groups in total. The molecule has 0 saturated carbocycles. The average molecular weight is 316 g/mol. The molecular weight excluding hydrogens is 292 g/mol. The third kappa shape index (κ3) is 3.55. The summed E-state index contributed by atoms with van der Waals surface area (Å²) in [5, 5.41) is 9.23. The number of carboxylic acids is 1. The van der Waals surface area contributed by atoms with Gasteiger partial charge in [0.1, 0.15) is 0 Å². The molecular formula is C18H24N2O3. The molecule has 2 aliphatic heterocycles. The van der Waals surface area contributed by atoms with Crippen LogP contribution in [0.2, 0.25) is 0 Å². The van der Waals surface area contributed by atoms with Gasteiger partial charge in [-0.25, -0.2) is 0 Å². The number of amides is 1. The Kier molecular flexibility index (Phi) is 4.66. The first-order chi connectivity index (χ1) is 11.0. The Morgan fingerprint density at radius 1 is 1.26 bits per heavy atom. The van der Waals surface area contributed by atoms with Crippen LogP contribution in [0.25, 0.3) is 0 Å². The molecule has 3 rings (SSSR count). The number of carbonyl (C=O) groups excluding carboxylic acids is 1. The third-order valence-corrected chi connectivity index (χ3v) is 4.98. The molecule has 5 nitrogen and oxygen atoms in total. The van der Waals surface area contributed by atoms with Crippen molar-refractivity contribution >= 4 is 11.9 Å². The Morgan fingerprint density at radius 3 is 2.48 bits per heavy atom. The van der Waals surface area contributed by atoms with Crippen molar-refractivity contribution < 1.29 is 14.7 Å². The number of carbonyl (C=O) groups is 2. The second kappa shape index (κ2) is 6.71. The van der Waals surface area contributed by atoms with E-state index in [1.807, 2.05) is 6.92 Å².